The predicted octanol–water partition coefficient (Wildman–Crippen LogP) is 4.93. The number of imidazole rings is 1. The molecule has 2 aromatic rings. The number of fused-ring (bicyclic) bond motifs is 1. The molecule has 1 heterocycles. The summed E-state index contributed by atoms with van der Waals surface area (Å²) in [4.78, 5) is 4.77. The Bertz CT molecular complexity index is 608. The second-order valence-corrected chi connectivity index (χ2v) is 7.36. The number of hydrogen-bond acceptors (Lipinski definition) is 2. The lowest BCUT2D eigenvalue weighted by Crippen LogP contribution is -2.09. The number of aromatic nitrogens is 2. The second kappa shape index (κ2) is 5.98. The van der Waals surface area contributed by atoms with E-state index in [0.717, 1.165) is 16.6 Å². The van der Waals surface area contributed by atoms with Crippen LogP contribution in [-0.4, -0.2) is 20.6 Å². The molecule has 0 saturated heterocycles. The smallest absolute Gasteiger partial charge is 0.125 e. The molecule has 1 aromatic heterocycles. The number of halogens is 1. The molecule has 0 N–H and O–H groups in total. The Labute approximate surface area is 129 Å². The normalized spacial score (nSPS) is 22.8. The molecule has 108 valence electrons. The zero-order chi connectivity index (χ0) is 14.1. The van der Waals surface area contributed by atoms with Crippen molar-refractivity contribution in [3.05, 3.63) is 29.6 Å². The molecule has 1 fully saturated rings. The quantitative estimate of drug-likeness (QED) is 0.745. The Morgan fingerprint density at radius 2 is 2.25 bits per heavy atom. The van der Waals surface area contributed by atoms with Crippen LogP contribution in [0.4, 0.5) is 0 Å². The van der Waals surface area contributed by atoms with Gasteiger partial charge in [0.1, 0.15) is 5.82 Å². The Hall–Kier alpha value is -0.670. The van der Waals surface area contributed by atoms with Gasteiger partial charge >= 0.3 is 0 Å². The first kappa shape index (κ1) is 14.3. The molecule has 1 aromatic carbocycles. The molecule has 0 radical (unpaired) electrons. The van der Waals surface area contributed by atoms with Crippen LogP contribution in [0.25, 0.3) is 11.0 Å². The number of alkyl halides is 1. The monoisotopic (exact) mass is 308 g/mol. The number of hydrogen-bond donors (Lipinski definition) is 0. The van der Waals surface area contributed by atoms with Gasteiger partial charge in [0.2, 0.25) is 0 Å². The number of benzene rings is 1. The van der Waals surface area contributed by atoms with E-state index in [1.54, 1.807) is 0 Å². The molecule has 3 rings (SSSR count). The average molecular weight is 309 g/mol. The summed E-state index contributed by atoms with van der Waals surface area (Å²) in [6.45, 7) is 4.38. The van der Waals surface area contributed by atoms with Crippen LogP contribution in [0, 0.1) is 6.92 Å². The van der Waals surface area contributed by atoms with Gasteiger partial charge in [0.05, 0.1) is 16.9 Å². The Balaban J connectivity index is 2.00. The standard InChI is InChI=1S/C16H21ClN2S/c1-3-20-13-8-7-12(9-13)19-14-6-4-5-11(2)16(14)18-15(19)10-17/h4-6,12-13H,3,7-10H2,1-2H3. The maximum atomic E-state index is 6.14. The summed E-state index contributed by atoms with van der Waals surface area (Å²) in [6, 6.07) is 7.01. The fraction of sp³-hybridized carbons (Fsp3) is 0.562. The molecule has 1 saturated carbocycles. The lowest BCUT2D eigenvalue weighted by atomic mass is 10.2. The van der Waals surface area contributed by atoms with E-state index < -0.39 is 0 Å². The van der Waals surface area contributed by atoms with Gasteiger partial charge in [-0.2, -0.15) is 11.8 Å². The molecule has 0 aliphatic heterocycles. The van der Waals surface area contributed by atoms with Crippen molar-refractivity contribution < 1.29 is 0 Å². The molecule has 0 bridgehead atoms. The SMILES string of the molecule is CCSC1CCC(n2c(CCl)nc3c(C)cccc32)C1. The van der Waals surface area contributed by atoms with Crippen molar-refractivity contribution in [2.45, 2.75) is 50.3 Å². The molecule has 1 aliphatic carbocycles. The highest BCUT2D eigenvalue weighted by molar-refractivity contribution is 7.99. The van der Waals surface area contributed by atoms with Gasteiger partial charge < -0.3 is 4.57 Å². The highest BCUT2D eigenvalue weighted by Gasteiger charge is 2.28. The minimum atomic E-state index is 0.496. The average Bonchev–Trinajstić information content (AvgIpc) is 3.03. The number of para-hydroxylation sites is 1. The predicted molar refractivity (Wildman–Crippen MR) is 88.8 cm³/mol. The van der Waals surface area contributed by atoms with E-state index in [4.69, 9.17) is 16.6 Å². The van der Waals surface area contributed by atoms with Gasteiger partial charge in [-0.05, 0) is 43.6 Å². The zero-order valence-corrected chi connectivity index (χ0v) is 13.7. The third-order valence-electron chi connectivity index (χ3n) is 4.24. The van der Waals surface area contributed by atoms with Crippen LogP contribution in [0.1, 0.15) is 43.6 Å². The van der Waals surface area contributed by atoms with Crippen molar-refractivity contribution in [1.29, 1.82) is 0 Å². The Morgan fingerprint density at radius 3 is 3.00 bits per heavy atom. The largest absolute Gasteiger partial charge is 0.324 e. The van der Waals surface area contributed by atoms with Crippen LogP contribution in [-0.2, 0) is 5.88 Å². The number of rotatable bonds is 4. The van der Waals surface area contributed by atoms with Crippen molar-refractivity contribution in [1.82, 2.24) is 9.55 Å². The summed E-state index contributed by atoms with van der Waals surface area (Å²) in [5.41, 5.74) is 3.62. The first-order chi connectivity index (χ1) is 9.74. The summed E-state index contributed by atoms with van der Waals surface area (Å²) in [5.74, 6) is 2.74. The van der Waals surface area contributed by atoms with Crippen LogP contribution in [0.5, 0.6) is 0 Å². The number of thioether (sulfide) groups is 1. The molecule has 2 atom stereocenters. The maximum absolute atomic E-state index is 6.14. The summed E-state index contributed by atoms with van der Waals surface area (Å²) < 4.78 is 2.41. The fourth-order valence-electron chi connectivity index (χ4n) is 3.35. The maximum Gasteiger partial charge on any atom is 0.125 e. The van der Waals surface area contributed by atoms with Crippen molar-refractivity contribution in [2.75, 3.05) is 5.75 Å². The van der Waals surface area contributed by atoms with E-state index in [9.17, 15) is 0 Å². The van der Waals surface area contributed by atoms with E-state index in [2.05, 4.69) is 48.4 Å². The molecule has 4 heteroatoms. The molecular formula is C16H21ClN2S. The number of nitrogens with zero attached hydrogens (tertiary/aromatic N) is 2. The van der Waals surface area contributed by atoms with Gasteiger partial charge in [0.25, 0.3) is 0 Å². The van der Waals surface area contributed by atoms with Crippen LogP contribution in [0.15, 0.2) is 18.2 Å². The molecule has 1 aliphatic rings. The Kier molecular flexibility index (Phi) is 4.27. The van der Waals surface area contributed by atoms with Gasteiger partial charge in [-0.25, -0.2) is 4.98 Å². The summed E-state index contributed by atoms with van der Waals surface area (Å²) in [5, 5.41) is 0.801. The second-order valence-electron chi connectivity index (χ2n) is 5.52. The van der Waals surface area contributed by atoms with Crippen LogP contribution < -0.4 is 0 Å². The highest BCUT2D eigenvalue weighted by Crippen LogP contribution is 2.39. The van der Waals surface area contributed by atoms with Crippen LogP contribution in [0.3, 0.4) is 0 Å². The molecule has 2 nitrogen and oxygen atoms in total. The third kappa shape index (κ3) is 2.46. The van der Waals surface area contributed by atoms with Gasteiger partial charge in [0, 0.05) is 11.3 Å². The van der Waals surface area contributed by atoms with Crippen molar-refractivity contribution in [3.8, 4) is 0 Å². The molecule has 0 amide bonds. The summed E-state index contributed by atoms with van der Waals surface area (Å²) in [6.07, 6.45) is 3.82. The first-order valence-electron chi connectivity index (χ1n) is 7.38. The van der Waals surface area contributed by atoms with Crippen molar-refractivity contribution in [2.24, 2.45) is 0 Å². The lowest BCUT2D eigenvalue weighted by molar-refractivity contribution is 0.519. The van der Waals surface area contributed by atoms with Crippen LogP contribution in [0.2, 0.25) is 0 Å². The van der Waals surface area contributed by atoms with Crippen molar-refractivity contribution >= 4 is 34.4 Å². The molecular weight excluding hydrogens is 288 g/mol. The number of aryl methyl sites for hydroxylation is 1. The topological polar surface area (TPSA) is 17.8 Å². The fourth-order valence-corrected chi connectivity index (χ4v) is 4.67. The lowest BCUT2D eigenvalue weighted by Gasteiger charge is -2.16. The molecule has 0 spiro atoms. The van der Waals surface area contributed by atoms with Gasteiger partial charge in [-0.15, -0.1) is 11.6 Å². The van der Waals surface area contributed by atoms with E-state index in [1.165, 1.54) is 36.1 Å². The highest BCUT2D eigenvalue weighted by atomic mass is 35.5. The van der Waals surface area contributed by atoms with E-state index in [-0.39, 0.29) is 0 Å². The van der Waals surface area contributed by atoms with E-state index in [1.807, 2.05) is 0 Å². The summed E-state index contributed by atoms with van der Waals surface area (Å²) >= 11 is 8.24. The summed E-state index contributed by atoms with van der Waals surface area (Å²) in [7, 11) is 0. The van der Waals surface area contributed by atoms with Crippen LogP contribution >= 0.6 is 23.4 Å². The van der Waals surface area contributed by atoms with E-state index in [0.29, 0.717) is 11.9 Å². The molecule has 20 heavy (non-hydrogen) atoms. The minimum absolute atomic E-state index is 0.496. The third-order valence-corrected chi connectivity index (χ3v) is 5.71. The van der Waals surface area contributed by atoms with Gasteiger partial charge in [0.15, 0.2) is 0 Å². The Morgan fingerprint density at radius 1 is 1.40 bits per heavy atom. The zero-order valence-electron chi connectivity index (χ0n) is 12.1. The van der Waals surface area contributed by atoms with Gasteiger partial charge in [-0.1, -0.05) is 19.1 Å². The molecule has 2 unspecified atom stereocenters. The van der Waals surface area contributed by atoms with Gasteiger partial charge in [-0.3, -0.25) is 0 Å². The van der Waals surface area contributed by atoms with Crippen molar-refractivity contribution in [3.63, 3.8) is 0 Å². The van der Waals surface area contributed by atoms with E-state index >= 15 is 0 Å². The first-order valence-corrected chi connectivity index (χ1v) is 8.97. The minimum Gasteiger partial charge on any atom is -0.324 e.